The molecule has 1 fully saturated rings. The molecule has 1 saturated heterocycles. The number of nitrogens with zero attached hydrogens (tertiary/aromatic N) is 1. The lowest BCUT2D eigenvalue weighted by Crippen LogP contribution is -2.29. The van der Waals surface area contributed by atoms with E-state index in [2.05, 4.69) is 5.32 Å². The van der Waals surface area contributed by atoms with Gasteiger partial charge in [0.1, 0.15) is 18.0 Å². The molecule has 2 unspecified atom stereocenters. The molecule has 1 aromatic rings. The third-order valence-electron chi connectivity index (χ3n) is 2.53. The van der Waals surface area contributed by atoms with Gasteiger partial charge in [-0.25, -0.2) is 0 Å². The molecule has 0 bridgehead atoms. The Morgan fingerprint density at radius 1 is 1.53 bits per heavy atom. The minimum absolute atomic E-state index is 0.167. The van der Waals surface area contributed by atoms with E-state index in [1.54, 1.807) is 0 Å². The first-order valence-electron chi connectivity index (χ1n) is 5.07. The average molecular weight is 242 g/mol. The van der Waals surface area contributed by atoms with E-state index in [9.17, 15) is 19.6 Å². The summed E-state index contributed by atoms with van der Waals surface area (Å²) >= 11 is 0. The molecular weight excluding hydrogens is 231 g/mol. The first-order chi connectivity index (χ1) is 8.08. The highest BCUT2D eigenvalue weighted by molar-refractivity contribution is 5.38. The van der Waals surface area contributed by atoms with E-state index < -0.39 is 28.6 Å². The fraction of sp³-hybridized carbons (Fsp3) is 0.400. The number of β-amino-alcohol motifs (C(OH)–C–C–N with tert-alkyl or cyclic N) is 1. The van der Waals surface area contributed by atoms with Gasteiger partial charge in [0.25, 0.3) is 0 Å². The van der Waals surface area contributed by atoms with Crippen LogP contribution in [-0.4, -0.2) is 35.3 Å². The number of halogens is 1. The highest BCUT2D eigenvalue weighted by atomic mass is 19.1. The Kier molecular flexibility index (Phi) is 3.21. The summed E-state index contributed by atoms with van der Waals surface area (Å²) in [4.78, 5) is 9.60. The van der Waals surface area contributed by atoms with Crippen molar-refractivity contribution in [2.24, 2.45) is 0 Å². The Labute approximate surface area is 96.2 Å². The molecule has 2 N–H and O–H groups in total. The summed E-state index contributed by atoms with van der Waals surface area (Å²) in [6.45, 7) is 0.875. The van der Waals surface area contributed by atoms with Gasteiger partial charge < -0.3 is 15.2 Å². The molecule has 2 rings (SSSR count). The maximum absolute atomic E-state index is 13.3. The summed E-state index contributed by atoms with van der Waals surface area (Å²) in [5, 5.41) is 22.8. The fourth-order valence-electron chi connectivity index (χ4n) is 1.64. The molecule has 0 saturated carbocycles. The Balaban J connectivity index is 2.12. The van der Waals surface area contributed by atoms with Gasteiger partial charge in [0.05, 0.1) is 4.92 Å². The lowest BCUT2D eigenvalue weighted by atomic mass is 10.2. The van der Waals surface area contributed by atoms with Gasteiger partial charge in [-0.3, -0.25) is 10.1 Å². The third kappa shape index (κ3) is 2.51. The predicted octanol–water partition coefficient (Wildman–Crippen LogP) is 0.445. The zero-order valence-corrected chi connectivity index (χ0v) is 8.80. The van der Waals surface area contributed by atoms with E-state index in [0.717, 1.165) is 12.1 Å². The lowest BCUT2D eigenvalue weighted by Gasteiger charge is -2.15. The zero-order chi connectivity index (χ0) is 12.4. The van der Waals surface area contributed by atoms with Crippen LogP contribution < -0.4 is 10.1 Å². The van der Waals surface area contributed by atoms with Gasteiger partial charge in [-0.1, -0.05) is 0 Å². The summed E-state index contributed by atoms with van der Waals surface area (Å²) in [7, 11) is 0. The molecule has 1 aromatic carbocycles. The molecule has 92 valence electrons. The fourth-order valence-corrected chi connectivity index (χ4v) is 1.64. The van der Waals surface area contributed by atoms with E-state index >= 15 is 0 Å². The topological polar surface area (TPSA) is 84.6 Å². The molecule has 17 heavy (non-hydrogen) atoms. The first-order valence-corrected chi connectivity index (χ1v) is 5.07. The van der Waals surface area contributed by atoms with Crippen molar-refractivity contribution in [3.8, 4) is 5.75 Å². The van der Waals surface area contributed by atoms with Crippen LogP contribution in [0.2, 0.25) is 0 Å². The van der Waals surface area contributed by atoms with Crippen molar-refractivity contribution in [1.82, 2.24) is 5.32 Å². The number of aliphatic hydroxyl groups is 1. The summed E-state index contributed by atoms with van der Waals surface area (Å²) in [5.74, 6) is -0.784. The van der Waals surface area contributed by atoms with Crippen LogP contribution in [0.3, 0.4) is 0 Å². The van der Waals surface area contributed by atoms with E-state index in [0.29, 0.717) is 13.1 Å². The van der Waals surface area contributed by atoms with Crippen molar-refractivity contribution >= 4 is 5.69 Å². The van der Waals surface area contributed by atoms with Gasteiger partial charge in [0, 0.05) is 25.2 Å². The number of aliphatic hydroxyl groups excluding tert-OH is 1. The molecule has 6 nitrogen and oxygen atoms in total. The van der Waals surface area contributed by atoms with E-state index in [4.69, 9.17) is 4.74 Å². The van der Waals surface area contributed by atoms with Crippen molar-refractivity contribution in [2.45, 2.75) is 12.2 Å². The monoisotopic (exact) mass is 242 g/mol. The Bertz CT molecular complexity index is 440. The molecule has 1 aliphatic rings. The van der Waals surface area contributed by atoms with Crippen molar-refractivity contribution in [3.63, 3.8) is 0 Å². The maximum Gasteiger partial charge on any atom is 0.305 e. The normalized spacial score (nSPS) is 23.6. The zero-order valence-electron chi connectivity index (χ0n) is 8.80. The smallest absolute Gasteiger partial charge is 0.305 e. The molecule has 7 heteroatoms. The Morgan fingerprint density at radius 2 is 2.29 bits per heavy atom. The second-order valence-corrected chi connectivity index (χ2v) is 3.75. The summed E-state index contributed by atoms with van der Waals surface area (Å²) in [6.07, 6.45) is -1.12. The molecular formula is C10H11FN2O4. The van der Waals surface area contributed by atoms with Gasteiger partial charge in [0.15, 0.2) is 0 Å². The van der Waals surface area contributed by atoms with Crippen molar-refractivity contribution < 1.29 is 19.2 Å². The second-order valence-electron chi connectivity index (χ2n) is 3.75. The van der Waals surface area contributed by atoms with Crippen LogP contribution in [0, 0.1) is 15.9 Å². The molecule has 1 aliphatic heterocycles. The Morgan fingerprint density at radius 3 is 2.82 bits per heavy atom. The standard InChI is InChI=1S/C10H11FN2O4/c11-7-3-6(1-2-8(7)13(15)16)17-10-5-12-4-9(10)14/h1-3,9-10,12,14H,4-5H2. The number of nitrogens with one attached hydrogen (secondary N) is 1. The summed E-state index contributed by atoms with van der Waals surface area (Å²) in [5.41, 5.74) is -0.595. The van der Waals surface area contributed by atoms with Gasteiger partial charge in [0.2, 0.25) is 5.82 Å². The van der Waals surface area contributed by atoms with Crippen molar-refractivity contribution in [2.75, 3.05) is 13.1 Å². The SMILES string of the molecule is O=[N+]([O-])c1ccc(OC2CNCC2O)cc1F. The summed E-state index contributed by atoms with van der Waals surface area (Å²) in [6, 6.07) is 3.30. The number of nitro benzene ring substituents is 1. The first kappa shape index (κ1) is 11.7. The number of rotatable bonds is 3. The van der Waals surface area contributed by atoms with E-state index in [1.807, 2.05) is 0 Å². The van der Waals surface area contributed by atoms with Gasteiger partial charge >= 0.3 is 5.69 Å². The molecule has 0 amide bonds. The van der Waals surface area contributed by atoms with Crippen LogP contribution in [0.4, 0.5) is 10.1 Å². The van der Waals surface area contributed by atoms with Crippen molar-refractivity contribution in [1.29, 1.82) is 0 Å². The van der Waals surface area contributed by atoms with E-state index in [1.165, 1.54) is 6.07 Å². The molecule has 0 spiro atoms. The number of benzene rings is 1. The van der Waals surface area contributed by atoms with Crippen molar-refractivity contribution in [3.05, 3.63) is 34.1 Å². The number of hydrogen-bond acceptors (Lipinski definition) is 5. The molecule has 0 radical (unpaired) electrons. The largest absolute Gasteiger partial charge is 0.486 e. The van der Waals surface area contributed by atoms with Gasteiger partial charge in [-0.05, 0) is 6.07 Å². The van der Waals surface area contributed by atoms with Crippen LogP contribution in [0.15, 0.2) is 18.2 Å². The number of nitro groups is 1. The molecule has 2 atom stereocenters. The highest BCUT2D eigenvalue weighted by Crippen LogP contribution is 2.23. The third-order valence-corrected chi connectivity index (χ3v) is 2.53. The molecule has 0 aromatic heterocycles. The quantitative estimate of drug-likeness (QED) is 0.593. The van der Waals surface area contributed by atoms with Gasteiger partial charge in [-0.15, -0.1) is 0 Å². The minimum Gasteiger partial charge on any atom is -0.486 e. The Hall–Kier alpha value is -1.73. The van der Waals surface area contributed by atoms with Crippen LogP contribution in [0.1, 0.15) is 0 Å². The molecule has 1 heterocycles. The minimum atomic E-state index is -0.951. The highest BCUT2D eigenvalue weighted by Gasteiger charge is 2.27. The maximum atomic E-state index is 13.3. The number of ether oxygens (including phenoxy) is 1. The predicted molar refractivity (Wildman–Crippen MR) is 56.3 cm³/mol. The van der Waals surface area contributed by atoms with Crippen LogP contribution >= 0.6 is 0 Å². The van der Waals surface area contributed by atoms with Crippen LogP contribution in [0.25, 0.3) is 0 Å². The van der Waals surface area contributed by atoms with Crippen LogP contribution in [-0.2, 0) is 0 Å². The number of hydrogen-bond donors (Lipinski definition) is 2. The lowest BCUT2D eigenvalue weighted by molar-refractivity contribution is -0.387. The average Bonchev–Trinajstić information content (AvgIpc) is 2.64. The summed E-state index contributed by atoms with van der Waals surface area (Å²) < 4.78 is 18.6. The molecule has 0 aliphatic carbocycles. The van der Waals surface area contributed by atoms with Gasteiger partial charge in [-0.2, -0.15) is 4.39 Å². The van der Waals surface area contributed by atoms with E-state index in [-0.39, 0.29) is 5.75 Å². The van der Waals surface area contributed by atoms with Crippen LogP contribution in [0.5, 0.6) is 5.75 Å². The second kappa shape index (κ2) is 4.64.